The monoisotopic (exact) mass is 460 g/mol. The molecule has 1 N–H and O–H groups in total. The van der Waals surface area contributed by atoms with Gasteiger partial charge in [-0.3, -0.25) is 0 Å². The fourth-order valence-corrected chi connectivity index (χ4v) is 6.07. The second-order valence-electron chi connectivity index (χ2n) is 9.53. The molecule has 2 atom stereocenters. The lowest BCUT2D eigenvalue weighted by Gasteiger charge is -2.37. The Morgan fingerprint density at radius 3 is 2.56 bits per heavy atom. The highest BCUT2D eigenvalue weighted by Crippen LogP contribution is 2.69. The van der Waals surface area contributed by atoms with Crippen molar-refractivity contribution in [1.29, 1.82) is 0 Å². The summed E-state index contributed by atoms with van der Waals surface area (Å²) in [6, 6.07) is 11.3. The molecular formula is C26H22F2N4O2. The van der Waals surface area contributed by atoms with Crippen LogP contribution in [0.25, 0.3) is 22.7 Å². The number of oxazole rings is 1. The topological polar surface area (TPSA) is 84.9 Å². The second-order valence-corrected chi connectivity index (χ2v) is 9.53. The number of fused-ring (bicyclic) bond motifs is 5. The van der Waals surface area contributed by atoms with Crippen LogP contribution in [-0.4, -0.2) is 25.3 Å². The molecule has 8 heteroatoms. The lowest BCUT2D eigenvalue weighted by molar-refractivity contribution is 0.240. The number of nitrogens with zero attached hydrogens (tertiary/aromatic N) is 4. The summed E-state index contributed by atoms with van der Waals surface area (Å²) in [5.74, 6) is -0.454. The fourth-order valence-electron chi connectivity index (χ4n) is 6.07. The highest BCUT2D eigenvalue weighted by molar-refractivity contribution is 5.64. The van der Waals surface area contributed by atoms with E-state index in [1.807, 2.05) is 18.2 Å². The van der Waals surface area contributed by atoms with E-state index < -0.39 is 17.0 Å². The van der Waals surface area contributed by atoms with E-state index in [2.05, 4.69) is 29.0 Å². The first-order valence-corrected chi connectivity index (χ1v) is 11.2. The minimum atomic E-state index is -0.657. The van der Waals surface area contributed by atoms with Crippen molar-refractivity contribution in [2.24, 2.45) is 5.41 Å². The molecule has 0 spiro atoms. The summed E-state index contributed by atoms with van der Waals surface area (Å²) < 4.78 is 34.5. The summed E-state index contributed by atoms with van der Waals surface area (Å²) in [6.45, 7) is 4.11. The van der Waals surface area contributed by atoms with E-state index in [1.54, 1.807) is 12.3 Å². The average molecular weight is 460 g/mol. The number of hydrogen-bond donors (Lipinski definition) is 1. The predicted molar refractivity (Wildman–Crippen MR) is 120 cm³/mol. The number of pyridine rings is 1. The molecule has 34 heavy (non-hydrogen) atoms. The fraction of sp³-hybridized carbons (Fsp3) is 0.308. The number of rotatable bonds is 4. The molecule has 2 aliphatic rings. The maximum Gasteiger partial charge on any atom is 0.220 e. The van der Waals surface area contributed by atoms with Gasteiger partial charge in [0.2, 0.25) is 5.89 Å². The Kier molecular flexibility index (Phi) is 4.48. The van der Waals surface area contributed by atoms with Gasteiger partial charge in [0, 0.05) is 0 Å². The highest BCUT2D eigenvalue weighted by Gasteiger charge is 2.65. The number of benzene rings is 1. The summed E-state index contributed by atoms with van der Waals surface area (Å²) >= 11 is 0. The van der Waals surface area contributed by atoms with Crippen molar-refractivity contribution in [2.75, 3.05) is 0 Å². The molecule has 6 rings (SSSR count). The first-order valence-electron chi connectivity index (χ1n) is 11.2. The van der Waals surface area contributed by atoms with Crippen molar-refractivity contribution >= 4 is 0 Å². The number of hydrogen-bond acceptors (Lipinski definition) is 6. The van der Waals surface area contributed by atoms with Gasteiger partial charge in [0.05, 0.1) is 34.3 Å². The number of aliphatic hydroxyl groups excluding tert-OH is 1. The molecule has 2 bridgehead atoms. The summed E-state index contributed by atoms with van der Waals surface area (Å²) in [6.07, 6.45) is 3.30. The van der Waals surface area contributed by atoms with Gasteiger partial charge in [-0.05, 0) is 60.1 Å². The molecule has 172 valence electrons. The Balaban J connectivity index is 1.51. The zero-order chi connectivity index (χ0) is 23.7. The van der Waals surface area contributed by atoms with Crippen LogP contribution in [0.5, 0.6) is 0 Å². The summed E-state index contributed by atoms with van der Waals surface area (Å²) in [7, 11) is 0. The molecule has 0 aliphatic heterocycles. The van der Waals surface area contributed by atoms with Crippen LogP contribution in [0.1, 0.15) is 55.4 Å². The standard InChI is InChI=1S/C26H22F2N4O2/c1-25(2)15-9-10-26(25,21-8-4-7-18(30-21)20-12-29-22(13-33)34-20)24-14(15)11-19(31-32-24)23-16(27)5-3-6-17(23)28/h3-8,11-12,15,33H,9-10,13H2,1-2H3/t15-,26+/m0/s1. The van der Waals surface area contributed by atoms with Crippen molar-refractivity contribution in [3.05, 3.63) is 83.1 Å². The Hall–Kier alpha value is -3.52. The molecule has 4 aromatic rings. The van der Waals surface area contributed by atoms with E-state index in [4.69, 9.17) is 9.40 Å². The Labute approximate surface area is 194 Å². The number of aromatic nitrogens is 4. The molecule has 1 fully saturated rings. The van der Waals surface area contributed by atoms with Crippen LogP contribution in [0, 0.1) is 17.0 Å². The van der Waals surface area contributed by atoms with Crippen LogP contribution in [0.2, 0.25) is 0 Å². The normalized spacial score (nSPS) is 22.2. The summed E-state index contributed by atoms with van der Waals surface area (Å²) in [5.41, 5.74) is 2.56. The predicted octanol–water partition coefficient (Wildman–Crippen LogP) is 5.17. The first-order chi connectivity index (χ1) is 16.4. The lowest BCUT2D eigenvalue weighted by atomic mass is 9.66. The molecule has 2 aliphatic carbocycles. The van der Waals surface area contributed by atoms with Crippen molar-refractivity contribution in [1.82, 2.24) is 20.2 Å². The molecule has 1 saturated carbocycles. The van der Waals surface area contributed by atoms with E-state index in [-0.39, 0.29) is 35.1 Å². The van der Waals surface area contributed by atoms with Gasteiger partial charge >= 0.3 is 0 Å². The molecular weight excluding hydrogens is 438 g/mol. The minimum absolute atomic E-state index is 0.155. The Bertz CT molecular complexity index is 1410. The van der Waals surface area contributed by atoms with Gasteiger partial charge in [0.1, 0.15) is 23.9 Å². The smallest absolute Gasteiger partial charge is 0.220 e. The van der Waals surface area contributed by atoms with Gasteiger partial charge < -0.3 is 9.52 Å². The van der Waals surface area contributed by atoms with Crippen LogP contribution in [0.4, 0.5) is 8.78 Å². The van der Waals surface area contributed by atoms with E-state index in [1.165, 1.54) is 18.2 Å². The molecule has 0 saturated heterocycles. The maximum atomic E-state index is 14.5. The van der Waals surface area contributed by atoms with Gasteiger partial charge in [-0.15, -0.1) is 5.10 Å². The average Bonchev–Trinajstić information content (AvgIpc) is 3.47. The molecule has 0 unspecified atom stereocenters. The third-order valence-electron chi connectivity index (χ3n) is 7.73. The van der Waals surface area contributed by atoms with Crippen molar-refractivity contribution < 1.29 is 18.3 Å². The first kappa shape index (κ1) is 21.0. The van der Waals surface area contributed by atoms with Crippen molar-refractivity contribution in [3.63, 3.8) is 0 Å². The van der Waals surface area contributed by atoms with Crippen molar-refractivity contribution in [2.45, 2.75) is 44.6 Å². The molecule has 0 amide bonds. The largest absolute Gasteiger partial charge is 0.437 e. The summed E-state index contributed by atoms with van der Waals surface area (Å²) in [4.78, 5) is 9.00. The highest BCUT2D eigenvalue weighted by atomic mass is 19.1. The van der Waals surface area contributed by atoms with Gasteiger partial charge in [0.15, 0.2) is 5.76 Å². The number of aliphatic hydroxyl groups is 1. The summed E-state index contributed by atoms with van der Waals surface area (Å²) in [5, 5.41) is 18.1. The van der Waals surface area contributed by atoms with Crippen LogP contribution in [0.3, 0.4) is 0 Å². The lowest BCUT2D eigenvalue weighted by Crippen LogP contribution is -2.37. The van der Waals surface area contributed by atoms with Crippen LogP contribution >= 0.6 is 0 Å². The molecule has 3 heterocycles. The van der Waals surface area contributed by atoms with Gasteiger partial charge in [-0.25, -0.2) is 18.7 Å². The minimum Gasteiger partial charge on any atom is -0.437 e. The van der Waals surface area contributed by atoms with E-state index >= 15 is 0 Å². The van der Waals surface area contributed by atoms with E-state index in [9.17, 15) is 13.9 Å². The van der Waals surface area contributed by atoms with Crippen LogP contribution in [0.15, 0.2) is 53.1 Å². The zero-order valence-corrected chi connectivity index (χ0v) is 18.7. The maximum absolute atomic E-state index is 14.5. The molecule has 6 nitrogen and oxygen atoms in total. The Morgan fingerprint density at radius 2 is 1.82 bits per heavy atom. The second kappa shape index (κ2) is 7.24. The zero-order valence-electron chi connectivity index (χ0n) is 18.7. The Morgan fingerprint density at radius 1 is 1.06 bits per heavy atom. The quantitative estimate of drug-likeness (QED) is 0.452. The van der Waals surface area contributed by atoms with E-state index in [0.717, 1.165) is 29.8 Å². The van der Waals surface area contributed by atoms with Gasteiger partial charge in [-0.1, -0.05) is 26.0 Å². The van der Waals surface area contributed by atoms with E-state index in [0.29, 0.717) is 11.5 Å². The molecule has 1 aromatic carbocycles. The van der Waals surface area contributed by atoms with Gasteiger partial charge in [0.25, 0.3) is 0 Å². The van der Waals surface area contributed by atoms with Crippen molar-refractivity contribution in [3.8, 4) is 22.7 Å². The number of halogens is 2. The SMILES string of the molecule is CC1(C)[C@H]2CC[C@@]1(c1cccc(-c3cnc(CO)o3)n1)c1nnc(-c3c(F)cccc3F)cc12. The van der Waals surface area contributed by atoms with Crippen LogP contribution in [-0.2, 0) is 12.0 Å². The third-order valence-corrected chi connectivity index (χ3v) is 7.73. The third kappa shape index (κ3) is 2.69. The van der Waals surface area contributed by atoms with Gasteiger partial charge in [-0.2, -0.15) is 5.10 Å². The van der Waals surface area contributed by atoms with Crippen LogP contribution < -0.4 is 0 Å². The molecule has 0 radical (unpaired) electrons. The molecule has 3 aromatic heterocycles.